The van der Waals surface area contributed by atoms with Gasteiger partial charge in [0.1, 0.15) is 0 Å². The van der Waals surface area contributed by atoms with Crippen LogP contribution in [0.3, 0.4) is 0 Å². The van der Waals surface area contributed by atoms with Gasteiger partial charge in [0.25, 0.3) is 0 Å². The summed E-state index contributed by atoms with van der Waals surface area (Å²) in [7, 11) is 0. The van der Waals surface area contributed by atoms with E-state index in [4.69, 9.17) is 0 Å². The number of hydrogen-bond acceptors (Lipinski definition) is 1. The van der Waals surface area contributed by atoms with E-state index in [1.165, 1.54) is 24.1 Å². The molecule has 0 aromatic heterocycles. The summed E-state index contributed by atoms with van der Waals surface area (Å²) in [6.07, 6.45) is 8.94. The molecule has 0 unspecified atom stereocenters. The van der Waals surface area contributed by atoms with Crippen molar-refractivity contribution >= 4 is 5.69 Å². The summed E-state index contributed by atoms with van der Waals surface area (Å²) in [6.45, 7) is 0.967. The lowest BCUT2D eigenvalue weighted by atomic mass is 10.1. The van der Waals surface area contributed by atoms with Gasteiger partial charge in [-0.3, -0.25) is 0 Å². The Hall–Kier alpha value is -1.50. The largest absolute Gasteiger partial charge is 0.381 e. The first-order valence-corrected chi connectivity index (χ1v) is 5.08. The second kappa shape index (κ2) is 4.66. The molecule has 1 aromatic carbocycles. The fourth-order valence-corrected chi connectivity index (χ4v) is 1.57. The van der Waals surface area contributed by atoms with Crippen molar-refractivity contribution < 1.29 is 0 Å². The highest BCUT2D eigenvalue weighted by atomic mass is 14.9. The molecule has 0 atom stereocenters. The fraction of sp³-hybridized carbons (Fsp3) is 0.231. The lowest BCUT2D eigenvalue weighted by Gasteiger charge is -2.11. The Balaban J connectivity index is 1.88. The average molecular weight is 185 g/mol. The minimum atomic E-state index is 0.967. The van der Waals surface area contributed by atoms with Crippen molar-refractivity contribution in [3.63, 3.8) is 0 Å². The van der Waals surface area contributed by atoms with Crippen LogP contribution in [-0.2, 0) is 0 Å². The van der Waals surface area contributed by atoms with Crippen molar-refractivity contribution in [2.24, 2.45) is 0 Å². The zero-order chi connectivity index (χ0) is 9.64. The molecule has 0 saturated carbocycles. The molecule has 72 valence electrons. The second-order valence-corrected chi connectivity index (χ2v) is 3.51. The van der Waals surface area contributed by atoms with Crippen LogP contribution in [0, 0.1) is 0 Å². The van der Waals surface area contributed by atoms with Crippen LogP contribution in [-0.4, -0.2) is 6.54 Å². The van der Waals surface area contributed by atoms with E-state index in [1.54, 1.807) is 0 Å². The molecule has 2 rings (SSSR count). The molecule has 0 radical (unpaired) electrons. The van der Waals surface area contributed by atoms with Crippen LogP contribution in [0.4, 0.5) is 5.69 Å². The first-order chi connectivity index (χ1) is 6.95. The zero-order valence-electron chi connectivity index (χ0n) is 8.24. The molecule has 0 saturated heterocycles. The van der Waals surface area contributed by atoms with E-state index in [9.17, 15) is 0 Å². The van der Waals surface area contributed by atoms with Crippen LogP contribution in [0.1, 0.15) is 12.8 Å². The van der Waals surface area contributed by atoms with E-state index in [0.29, 0.717) is 0 Å². The number of rotatable bonds is 3. The van der Waals surface area contributed by atoms with Crippen LogP contribution in [0.5, 0.6) is 0 Å². The quantitative estimate of drug-likeness (QED) is 0.761. The maximum Gasteiger partial charge on any atom is 0.0363 e. The van der Waals surface area contributed by atoms with Crippen molar-refractivity contribution in [2.45, 2.75) is 12.8 Å². The predicted octanol–water partition coefficient (Wildman–Crippen LogP) is 3.37. The van der Waals surface area contributed by atoms with Gasteiger partial charge in [-0.15, -0.1) is 0 Å². The number of para-hydroxylation sites is 1. The molecule has 0 bridgehead atoms. The van der Waals surface area contributed by atoms with Crippen molar-refractivity contribution in [1.29, 1.82) is 0 Å². The summed E-state index contributed by atoms with van der Waals surface area (Å²) in [5, 5.41) is 3.41. The molecule has 14 heavy (non-hydrogen) atoms. The lowest BCUT2D eigenvalue weighted by molar-refractivity contribution is 0.933. The number of benzene rings is 1. The van der Waals surface area contributed by atoms with E-state index in [1.807, 2.05) is 6.07 Å². The summed E-state index contributed by atoms with van der Waals surface area (Å²) in [5.41, 5.74) is 2.68. The minimum absolute atomic E-state index is 0.967. The molecular weight excluding hydrogens is 170 g/mol. The standard InChI is InChI=1S/C13H15N/c1-3-7-12(8-4-1)11-14-13-9-5-2-6-10-13/h1-3,5-7,9-10,14H,4,8,11H2. The first-order valence-electron chi connectivity index (χ1n) is 5.08. The SMILES string of the molecule is C1=CCCC(CNc2ccccc2)=C1. The van der Waals surface area contributed by atoms with Gasteiger partial charge in [-0.05, 0) is 25.0 Å². The molecule has 1 nitrogen and oxygen atoms in total. The molecule has 1 aromatic rings. The van der Waals surface area contributed by atoms with Gasteiger partial charge in [0, 0.05) is 12.2 Å². The molecule has 1 N–H and O–H groups in total. The number of hydrogen-bond donors (Lipinski definition) is 1. The molecule has 1 aliphatic rings. The highest BCUT2D eigenvalue weighted by Gasteiger charge is 1.98. The van der Waals surface area contributed by atoms with Gasteiger partial charge < -0.3 is 5.32 Å². The minimum Gasteiger partial charge on any atom is -0.381 e. The smallest absolute Gasteiger partial charge is 0.0363 e. The van der Waals surface area contributed by atoms with Crippen LogP contribution in [0.2, 0.25) is 0 Å². The fourth-order valence-electron chi connectivity index (χ4n) is 1.57. The average Bonchev–Trinajstić information content (AvgIpc) is 2.29. The molecule has 0 spiro atoms. The molecule has 0 amide bonds. The Bertz CT molecular complexity index is 336. The Labute approximate surface area is 85.2 Å². The highest BCUT2D eigenvalue weighted by molar-refractivity contribution is 5.44. The molecule has 1 heteroatoms. The van der Waals surface area contributed by atoms with E-state index >= 15 is 0 Å². The van der Waals surface area contributed by atoms with Crippen LogP contribution >= 0.6 is 0 Å². The van der Waals surface area contributed by atoms with Crippen LogP contribution in [0.15, 0.2) is 54.1 Å². The summed E-state index contributed by atoms with van der Waals surface area (Å²) >= 11 is 0. The van der Waals surface area contributed by atoms with Gasteiger partial charge in [-0.2, -0.15) is 0 Å². The van der Waals surface area contributed by atoms with Crippen LogP contribution in [0.25, 0.3) is 0 Å². The maximum absolute atomic E-state index is 3.41. The third kappa shape index (κ3) is 2.49. The normalized spacial score (nSPS) is 15.0. The number of allylic oxidation sites excluding steroid dienone is 3. The lowest BCUT2D eigenvalue weighted by Crippen LogP contribution is -2.05. The Morgan fingerprint density at radius 2 is 2.00 bits per heavy atom. The molecule has 1 aliphatic carbocycles. The van der Waals surface area contributed by atoms with Gasteiger partial charge in [-0.1, -0.05) is 42.0 Å². The highest BCUT2D eigenvalue weighted by Crippen LogP contribution is 2.13. The van der Waals surface area contributed by atoms with Gasteiger partial charge in [0.15, 0.2) is 0 Å². The third-order valence-electron chi connectivity index (χ3n) is 2.39. The summed E-state index contributed by atoms with van der Waals surface area (Å²) in [4.78, 5) is 0. The van der Waals surface area contributed by atoms with E-state index in [-0.39, 0.29) is 0 Å². The number of nitrogens with one attached hydrogen (secondary N) is 1. The molecule has 0 aliphatic heterocycles. The van der Waals surface area contributed by atoms with Crippen molar-refractivity contribution in [1.82, 2.24) is 0 Å². The van der Waals surface area contributed by atoms with E-state index in [2.05, 4.69) is 47.8 Å². The van der Waals surface area contributed by atoms with Gasteiger partial charge in [0.2, 0.25) is 0 Å². The zero-order valence-corrected chi connectivity index (χ0v) is 8.24. The maximum atomic E-state index is 3.41. The van der Waals surface area contributed by atoms with Gasteiger partial charge in [-0.25, -0.2) is 0 Å². The third-order valence-corrected chi connectivity index (χ3v) is 2.39. The van der Waals surface area contributed by atoms with Crippen molar-refractivity contribution in [3.05, 3.63) is 54.1 Å². The molecule has 0 heterocycles. The van der Waals surface area contributed by atoms with Crippen molar-refractivity contribution in [3.8, 4) is 0 Å². The molecular formula is C13H15N. The van der Waals surface area contributed by atoms with Gasteiger partial charge >= 0.3 is 0 Å². The predicted molar refractivity (Wildman–Crippen MR) is 61.4 cm³/mol. The Morgan fingerprint density at radius 3 is 2.71 bits per heavy atom. The van der Waals surface area contributed by atoms with E-state index < -0.39 is 0 Å². The summed E-state index contributed by atoms with van der Waals surface area (Å²) in [5.74, 6) is 0. The van der Waals surface area contributed by atoms with E-state index in [0.717, 1.165) is 6.54 Å². The van der Waals surface area contributed by atoms with Crippen LogP contribution < -0.4 is 5.32 Å². The Morgan fingerprint density at radius 1 is 1.14 bits per heavy atom. The monoisotopic (exact) mass is 185 g/mol. The second-order valence-electron chi connectivity index (χ2n) is 3.51. The van der Waals surface area contributed by atoms with Gasteiger partial charge in [0.05, 0.1) is 0 Å². The summed E-state index contributed by atoms with van der Waals surface area (Å²) < 4.78 is 0. The van der Waals surface area contributed by atoms with Crippen molar-refractivity contribution in [2.75, 3.05) is 11.9 Å². The topological polar surface area (TPSA) is 12.0 Å². The first kappa shape index (κ1) is 9.07. The Kier molecular flexibility index (Phi) is 3.02. The molecule has 0 fully saturated rings. The number of anilines is 1. The summed E-state index contributed by atoms with van der Waals surface area (Å²) in [6, 6.07) is 10.3.